The second kappa shape index (κ2) is 6.41. The number of hydrogen-bond donors (Lipinski definition) is 1. The molecule has 2 aromatic heterocycles. The zero-order valence-electron chi connectivity index (χ0n) is 12.4. The van der Waals surface area contributed by atoms with Crippen molar-refractivity contribution in [3.8, 4) is 0 Å². The lowest BCUT2D eigenvalue weighted by atomic mass is 10.1. The molecule has 0 radical (unpaired) electrons. The first-order chi connectivity index (χ1) is 10.7. The number of likely N-dealkylation sites (tertiary alicyclic amines) is 1. The summed E-state index contributed by atoms with van der Waals surface area (Å²) in [6, 6.07) is 2.19. The number of thiophene rings is 1. The third-order valence-corrected chi connectivity index (χ3v) is 4.52. The molecule has 7 heteroatoms. The van der Waals surface area contributed by atoms with Crippen LogP contribution in [0.25, 0.3) is 0 Å². The van der Waals surface area contributed by atoms with E-state index in [-0.39, 0.29) is 24.4 Å². The predicted molar refractivity (Wildman–Crippen MR) is 84.5 cm³/mol. The topological polar surface area (TPSA) is 81.3 Å². The van der Waals surface area contributed by atoms with Gasteiger partial charge in [-0.05, 0) is 35.2 Å². The average molecular weight is 318 g/mol. The highest BCUT2D eigenvalue weighted by Crippen LogP contribution is 2.34. The van der Waals surface area contributed by atoms with Gasteiger partial charge in [0.2, 0.25) is 0 Å². The first-order valence-electron chi connectivity index (χ1n) is 7.14. The maximum absolute atomic E-state index is 12.8. The number of ether oxygens (including phenoxy) is 1. The van der Waals surface area contributed by atoms with Crippen LogP contribution in [-0.2, 0) is 11.3 Å². The Morgan fingerprint density at radius 3 is 3.14 bits per heavy atom. The number of amides is 1. The normalized spacial score (nSPS) is 17.9. The van der Waals surface area contributed by atoms with Crippen LogP contribution in [0.3, 0.4) is 0 Å². The van der Waals surface area contributed by atoms with Crippen LogP contribution >= 0.6 is 11.3 Å². The van der Waals surface area contributed by atoms with Gasteiger partial charge in [-0.2, -0.15) is 11.3 Å². The Kier molecular flexibility index (Phi) is 4.35. The van der Waals surface area contributed by atoms with E-state index >= 15 is 0 Å². The van der Waals surface area contributed by atoms with Crippen LogP contribution in [0.1, 0.15) is 40.6 Å². The predicted octanol–water partition coefficient (Wildman–Crippen LogP) is 2.24. The molecule has 3 heterocycles. The number of rotatable bonds is 4. The van der Waals surface area contributed by atoms with Gasteiger partial charge in [-0.15, -0.1) is 0 Å². The summed E-state index contributed by atoms with van der Waals surface area (Å²) in [5, 5.41) is 4.13. The van der Waals surface area contributed by atoms with Crippen LogP contribution in [0.15, 0.2) is 23.0 Å². The van der Waals surface area contributed by atoms with Crippen LogP contribution in [-0.4, -0.2) is 34.4 Å². The van der Waals surface area contributed by atoms with Crippen molar-refractivity contribution in [2.24, 2.45) is 0 Å². The molecule has 0 spiro atoms. The summed E-state index contributed by atoms with van der Waals surface area (Å²) in [5.74, 6) is 0.588. The van der Waals surface area contributed by atoms with E-state index in [4.69, 9.17) is 10.5 Å². The summed E-state index contributed by atoms with van der Waals surface area (Å²) in [5.41, 5.74) is 7.48. The molecule has 22 heavy (non-hydrogen) atoms. The van der Waals surface area contributed by atoms with E-state index < -0.39 is 0 Å². The first kappa shape index (κ1) is 14.9. The molecule has 0 bridgehead atoms. The number of nitrogens with two attached hydrogens (primary N) is 1. The molecule has 1 saturated heterocycles. The number of nitrogens with zero attached hydrogens (tertiary/aromatic N) is 3. The molecule has 3 rings (SSSR count). The fraction of sp³-hybridized carbons (Fsp3) is 0.400. The van der Waals surface area contributed by atoms with Crippen molar-refractivity contribution < 1.29 is 9.53 Å². The number of carbonyl (C=O) groups is 1. The average Bonchev–Trinajstić information content (AvgIpc) is 3.18. The molecule has 1 aliphatic rings. The molecule has 116 valence electrons. The van der Waals surface area contributed by atoms with E-state index in [1.807, 2.05) is 10.3 Å². The monoisotopic (exact) mass is 318 g/mol. The van der Waals surface area contributed by atoms with Crippen molar-refractivity contribution in [3.63, 3.8) is 0 Å². The van der Waals surface area contributed by atoms with Crippen LogP contribution in [0.4, 0.5) is 5.82 Å². The molecule has 0 aliphatic carbocycles. The Morgan fingerprint density at radius 2 is 2.45 bits per heavy atom. The Balaban J connectivity index is 1.84. The smallest absolute Gasteiger partial charge is 0.259 e. The maximum Gasteiger partial charge on any atom is 0.259 e. The van der Waals surface area contributed by atoms with Crippen molar-refractivity contribution >= 4 is 23.1 Å². The van der Waals surface area contributed by atoms with Crippen LogP contribution < -0.4 is 5.73 Å². The lowest BCUT2D eigenvalue weighted by Crippen LogP contribution is -2.31. The van der Waals surface area contributed by atoms with E-state index in [0.717, 1.165) is 19.4 Å². The van der Waals surface area contributed by atoms with E-state index in [0.29, 0.717) is 11.4 Å². The maximum atomic E-state index is 12.8. The highest BCUT2D eigenvalue weighted by molar-refractivity contribution is 7.07. The summed E-state index contributed by atoms with van der Waals surface area (Å²) in [7, 11) is 1.56. The van der Waals surface area contributed by atoms with Gasteiger partial charge in [0.25, 0.3) is 5.91 Å². The number of nitrogen functional groups attached to an aromatic ring is 1. The first-order valence-corrected chi connectivity index (χ1v) is 8.08. The summed E-state index contributed by atoms with van der Waals surface area (Å²) in [4.78, 5) is 22.9. The minimum absolute atomic E-state index is 0.102. The largest absolute Gasteiger partial charge is 0.383 e. The lowest BCUT2D eigenvalue weighted by Gasteiger charge is -2.24. The summed E-state index contributed by atoms with van der Waals surface area (Å²) in [6.45, 7) is 1.01. The van der Waals surface area contributed by atoms with E-state index in [1.54, 1.807) is 18.4 Å². The van der Waals surface area contributed by atoms with Crippen molar-refractivity contribution in [1.29, 1.82) is 0 Å². The van der Waals surface area contributed by atoms with Crippen LogP contribution in [0.5, 0.6) is 0 Å². The second-order valence-electron chi connectivity index (χ2n) is 5.23. The van der Waals surface area contributed by atoms with Crippen molar-refractivity contribution in [2.45, 2.75) is 25.5 Å². The lowest BCUT2D eigenvalue weighted by molar-refractivity contribution is 0.0736. The van der Waals surface area contributed by atoms with Crippen molar-refractivity contribution in [1.82, 2.24) is 14.9 Å². The highest BCUT2D eigenvalue weighted by atomic mass is 32.1. The van der Waals surface area contributed by atoms with Gasteiger partial charge < -0.3 is 15.4 Å². The Morgan fingerprint density at radius 1 is 1.59 bits per heavy atom. The summed E-state index contributed by atoms with van der Waals surface area (Å²) in [6.07, 6.45) is 3.47. The molecule has 0 aromatic carbocycles. The minimum Gasteiger partial charge on any atom is -0.383 e. The van der Waals surface area contributed by atoms with Crippen molar-refractivity contribution in [3.05, 3.63) is 40.0 Å². The third kappa shape index (κ3) is 2.82. The second-order valence-corrected chi connectivity index (χ2v) is 6.01. The van der Waals surface area contributed by atoms with Gasteiger partial charge in [-0.25, -0.2) is 9.97 Å². The van der Waals surface area contributed by atoms with Gasteiger partial charge in [0.15, 0.2) is 5.82 Å². The Labute approximate surface area is 132 Å². The zero-order valence-corrected chi connectivity index (χ0v) is 13.2. The number of anilines is 1. The van der Waals surface area contributed by atoms with E-state index in [9.17, 15) is 4.79 Å². The number of methoxy groups -OCH3 is 1. The number of hydrogen-bond acceptors (Lipinski definition) is 6. The molecule has 1 aliphatic heterocycles. The SMILES string of the molecule is COCc1ncc(C(=O)N2CCCC2c2ccsc2)c(N)n1. The van der Waals surface area contributed by atoms with Crippen molar-refractivity contribution in [2.75, 3.05) is 19.4 Å². The van der Waals surface area contributed by atoms with Gasteiger partial charge in [-0.3, -0.25) is 4.79 Å². The standard InChI is InChI=1S/C15H18N4O2S/c1-21-8-13-17-7-11(14(16)18-13)15(20)19-5-2-3-12(19)10-4-6-22-9-10/h4,6-7,9,12H,2-3,5,8H2,1H3,(H2,16,17,18). The quantitative estimate of drug-likeness (QED) is 0.935. The molecule has 1 unspecified atom stereocenters. The van der Waals surface area contributed by atoms with E-state index in [2.05, 4.69) is 21.4 Å². The fourth-order valence-corrected chi connectivity index (χ4v) is 3.48. The number of carbonyl (C=O) groups excluding carboxylic acids is 1. The van der Waals surface area contributed by atoms with Gasteiger partial charge >= 0.3 is 0 Å². The zero-order chi connectivity index (χ0) is 15.5. The Hall–Kier alpha value is -1.99. The van der Waals surface area contributed by atoms with E-state index in [1.165, 1.54) is 11.8 Å². The highest BCUT2D eigenvalue weighted by Gasteiger charge is 2.32. The molecule has 1 amide bonds. The van der Waals surface area contributed by atoms with Gasteiger partial charge in [0, 0.05) is 19.9 Å². The molecular formula is C15H18N4O2S. The molecule has 1 fully saturated rings. The van der Waals surface area contributed by atoms with Crippen LogP contribution in [0, 0.1) is 0 Å². The van der Waals surface area contributed by atoms with Gasteiger partial charge in [0.1, 0.15) is 18.0 Å². The van der Waals surface area contributed by atoms with Gasteiger partial charge in [0.05, 0.1) is 6.04 Å². The van der Waals surface area contributed by atoms with Crippen LogP contribution in [0.2, 0.25) is 0 Å². The number of aromatic nitrogens is 2. The molecule has 0 saturated carbocycles. The summed E-state index contributed by atoms with van der Waals surface area (Å²) >= 11 is 1.65. The molecule has 2 aromatic rings. The molecule has 1 atom stereocenters. The molecule has 6 nitrogen and oxygen atoms in total. The molecular weight excluding hydrogens is 300 g/mol. The molecule has 2 N–H and O–H groups in total. The minimum atomic E-state index is -0.102. The van der Waals surface area contributed by atoms with Gasteiger partial charge in [-0.1, -0.05) is 0 Å². The third-order valence-electron chi connectivity index (χ3n) is 3.81. The Bertz CT molecular complexity index is 660. The summed E-state index contributed by atoms with van der Waals surface area (Å²) < 4.78 is 4.97. The fourth-order valence-electron chi connectivity index (χ4n) is 2.77.